The first-order valence-corrected chi connectivity index (χ1v) is 12.1. The minimum atomic E-state index is -0.633. The molecule has 34 heavy (non-hydrogen) atoms. The third kappa shape index (κ3) is 3.87. The van der Waals surface area contributed by atoms with Gasteiger partial charge >= 0.3 is 0 Å². The average molecular weight is 459 g/mol. The summed E-state index contributed by atoms with van der Waals surface area (Å²) in [6, 6.07) is 14.2. The molecule has 1 saturated heterocycles. The average Bonchev–Trinajstić information content (AvgIpc) is 3.38. The smallest absolute Gasteiger partial charge is 0.295 e. The number of hydrogen-bond acceptors (Lipinski definition) is 4. The van der Waals surface area contributed by atoms with E-state index in [0.29, 0.717) is 11.3 Å². The molecule has 5 rings (SSSR count). The Balaban J connectivity index is 1.64. The molecule has 1 unspecified atom stereocenters. The Kier molecular flexibility index (Phi) is 5.90. The quantitative estimate of drug-likeness (QED) is 0.291. The van der Waals surface area contributed by atoms with E-state index in [9.17, 15) is 14.7 Å². The molecule has 1 aliphatic carbocycles. The lowest BCUT2D eigenvalue weighted by molar-refractivity contribution is -0.141. The fourth-order valence-corrected chi connectivity index (χ4v) is 5.33. The number of likely N-dealkylation sites (tertiary alicyclic amines) is 1. The molecule has 2 N–H and O–H groups in total. The third-order valence-electron chi connectivity index (χ3n) is 6.86. The zero-order valence-corrected chi connectivity index (χ0v) is 19.6. The molecule has 1 aliphatic heterocycles. The number of amides is 1. The Morgan fingerprint density at radius 2 is 1.74 bits per heavy atom. The highest BCUT2D eigenvalue weighted by atomic mass is 16.5. The number of nitrogens with one attached hydrogen (secondary N) is 1. The van der Waals surface area contributed by atoms with Crippen molar-refractivity contribution < 1.29 is 19.4 Å². The van der Waals surface area contributed by atoms with E-state index in [1.54, 1.807) is 29.2 Å². The van der Waals surface area contributed by atoms with E-state index >= 15 is 0 Å². The number of aromatic amines is 1. The van der Waals surface area contributed by atoms with Crippen molar-refractivity contribution in [3.63, 3.8) is 0 Å². The lowest BCUT2D eigenvalue weighted by atomic mass is 9.91. The van der Waals surface area contributed by atoms with Crippen LogP contribution in [-0.4, -0.2) is 38.8 Å². The molecular formula is C28H30N2O4. The maximum Gasteiger partial charge on any atom is 0.295 e. The zero-order valence-electron chi connectivity index (χ0n) is 19.6. The maximum atomic E-state index is 13.4. The first-order chi connectivity index (χ1) is 16.5. The van der Waals surface area contributed by atoms with Gasteiger partial charge in [-0.3, -0.25) is 9.59 Å². The van der Waals surface area contributed by atoms with Gasteiger partial charge in [0.1, 0.15) is 11.5 Å². The highest BCUT2D eigenvalue weighted by Crippen LogP contribution is 2.45. The molecule has 6 heteroatoms. The summed E-state index contributed by atoms with van der Waals surface area (Å²) >= 11 is 0. The number of carbonyl (C=O) groups is 2. The fraction of sp³-hybridized carbons (Fsp3) is 0.357. The summed E-state index contributed by atoms with van der Waals surface area (Å²) in [4.78, 5) is 31.8. The number of fused-ring (bicyclic) bond motifs is 1. The maximum absolute atomic E-state index is 13.4. The molecule has 2 fully saturated rings. The molecule has 176 valence electrons. The Morgan fingerprint density at radius 1 is 1.03 bits per heavy atom. The van der Waals surface area contributed by atoms with Crippen molar-refractivity contribution in [2.24, 2.45) is 0 Å². The normalized spacial score (nSPS) is 21.0. The summed E-state index contributed by atoms with van der Waals surface area (Å²) in [6.45, 7) is 3.89. The second kappa shape index (κ2) is 9.01. The number of H-pyrrole nitrogens is 1. The predicted octanol–water partition coefficient (Wildman–Crippen LogP) is 5.71. The van der Waals surface area contributed by atoms with Crippen LogP contribution in [0.5, 0.6) is 5.75 Å². The lowest BCUT2D eigenvalue weighted by Crippen LogP contribution is -2.40. The van der Waals surface area contributed by atoms with Gasteiger partial charge in [-0.15, -0.1) is 0 Å². The van der Waals surface area contributed by atoms with Gasteiger partial charge in [0.15, 0.2) is 0 Å². The van der Waals surface area contributed by atoms with Gasteiger partial charge in [0.05, 0.1) is 17.7 Å². The second-order valence-electron chi connectivity index (χ2n) is 9.48. The van der Waals surface area contributed by atoms with Crippen LogP contribution in [0, 0.1) is 0 Å². The zero-order chi connectivity index (χ0) is 23.8. The molecule has 3 aromatic rings. The number of para-hydroxylation sites is 1. The van der Waals surface area contributed by atoms with Gasteiger partial charge in [0.25, 0.3) is 11.7 Å². The molecule has 2 heterocycles. The van der Waals surface area contributed by atoms with E-state index in [-0.39, 0.29) is 23.5 Å². The molecule has 0 radical (unpaired) electrons. The van der Waals surface area contributed by atoms with Gasteiger partial charge in [-0.25, -0.2) is 0 Å². The van der Waals surface area contributed by atoms with E-state index in [0.717, 1.165) is 48.6 Å². The summed E-state index contributed by atoms with van der Waals surface area (Å²) in [5.74, 6) is -0.616. The Hall–Kier alpha value is -3.54. The summed E-state index contributed by atoms with van der Waals surface area (Å²) < 4.78 is 5.71. The Bertz CT molecular complexity index is 1250. The van der Waals surface area contributed by atoms with Crippen LogP contribution in [0.15, 0.2) is 60.3 Å². The van der Waals surface area contributed by atoms with Crippen LogP contribution in [-0.2, 0) is 9.59 Å². The number of aromatic nitrogens is 1. The van der Waals surface area contributed by atoms with Crippen molar-refractivity contribution in [3.8, 4) is 5.75 Å². The second-order valence-corrected chi connectivity index (χ2v) is 9.48. The van der Waals surface area contributed by atoms with Crippen molar-refractivity contribution in [1.29, 1.82) is 0 Å². The van der Waals surface area contributed by atoms with E-state index in [2.05, 4.69) is 4.98 Å². The van der Waals surface area contributed by atoms with Crippen LogP contribution >= 0.6 is 0 Å². The summed E-state index contributed by atoms with van der Waals surface area (Å²) in [5, 5.41) is 12.3. The molecule has 1 aromatic heterocycles. The number of aliphatic hydroxyl groups is 1. The monoisotopic (exact) mass is 458 g/mol. The van der Waals surface area contributed by atoms with Gasteiger partial charge < -0.3 is 19.7 Å². The predicted molar refractivity (Wildman–Crippen MR) is 132 cm³/mol. The first kappa shape index (κ1) is 22.3. The van der Waals surface area contributed by atoms with Gasteiger partial charge in [-0.2, -0.15) is 0 Å². The van der Waals surface area contributed by atoms with Crippen molar-refractivity contribution in [3.05, 3.63) is 71.4 Å². The number of benzene rings is 2. The van der Waals surface area contributed by atoms with Gasteiger partial charge in [0, 0.05) is 34.3 Å². The summed E-state index contributed by atoms with van der Waals surface area (Å²) in [6.07, 6.45) is 6.84. The number of ether oxygens (including phenoxy) is 1. The third-order valence-corrected chi connectivity index (χ3v) is 6.86. The SMILES string of the molecule is CC(C)Oc1ccc(/C(O)=C2\C(=O)C(=O)N(C3CCCCC3)C2c2c[nH]c3ccccc23)cc1. The number of nitrogens with zero attached hydrogens (tertiary/aromatic N) is 1. The summed E-state index contributed by atoms with van der Waals surface area (Å²) in [7, 11) is 0. The molecule has 0 bridgehead atoms. The summed E-state index contributed by atoms with van der Waals surface area (Å²) in [5.41, 5.74) is 2.41. The van der Waals surface area contributed by atoms with Crippen LogP contribution in [0.4, 0.5) is 0 Å². The number of aliphatic hydroxyl groups excluding tert-OH is 1. The van der Waals surface area contributed by atoms with Crippen molar-refractivity contribution >= 4 is 28.4 Å². The van der Waals surface area contributed by atoms with E-state index in [4.69, 9.17) is 4.74 Å². The first-order valence-electron chi connectivity index (χ1n) is 12.1. The van der Waals surface area contributed by atoms with E-state index in [1.165, 1.54) is 0 Å². The van der Waals surface area contributed by atoms with Gasteiger partial charge in [-0.1, -0.05) is 37.5 Å². The number of ketones is 1. The van der Waals surface area contributed by atoms with E-state index in [1.807, 2.05) is 44.3 Å². The lowest BCUT2D eigenvalue weighted by Gasteiger charge is -2.35. The number of rotatable bonds is 5. The minimum absolute atomic E-state index is 0.0176. The highest BCUT2D eigenvalue weighted by molar-refractivity contribution is 6.46. The van der Waals surface area contributed by atoms with E-state index < -0.39 is 17.7 Å². The van der Waals surface area contributed by atoms with Gasteiger partial charge in [0.2, 0.25) is 0 Å². The van der Waals surface area contributed by atoms with Gasteiger partial charge in [-0.05, 0) is 57.0 Å². The van der Waals surface area contributed by atoms with Crippen LogP contribution in [0.3, 0.4) is 0 Å². The van der Waals surface area contributed by atoms with Crippen LogP contribution in [0.1, 0.15) is 63.1 Å². The molecule has 0 spiro atoms. The van der Waals surface area contributed by atoms with Crippen molar-refractivity contribution in [1.82, 2.24) is 9.88 Å². The molecule has 2 aliphatic rings. The molecule has 1 atom stereocenters. The Morgan fingerprint density at radius 3 is 2.44 bits per heavy atom. The number of Topliss-reactive ketones (excluding diaryl/α,β-unsaturated/α-hetero) is 1. The highest BCUT2D eigenvalue weighted by Gasteiger charge is 2.49. The fourth-order valence-electron chi connectivity index (χ4n) is 5.33. The molecule has 1 amide bonds. The standard InChI is InChI=1S/C28H30N2O4/c1-17(2)34-20-14-12-18(13-15-20)26(31)24-25(22-16-29-23-11-7-6-10-21(22)23)30(28(33)27(24)32)19-8-4-3-5-9-19/h6-7,10-17,19,25,29,31H,3-5,8-9H2,1-2H3/b26-24+. The molecule has 2 aromatic carbocycles. The minimum Gasteiger partial charge on any atom is -0.507 e. The van der Waals surface area contributed by atoms with Crippen molar-refractivity contribution in [2.75, 3.05) is 0 Å². The number of carbonyl (C=O) groups excluding carboxylic acids is 2. The van der Waals surface area contributed by atoms with Crippen LogP contribution in [0.2, 0.25) is 0 Å². The Labute approximate surface area is 199 Å². The topological polar surface area (TPSA) is 82.6 Å². The van der Waals surface area contributed by atoms with Crippen LogP contribution < -0.4 is 4.74 Å². The number of hydrogen-bond donors (Lipinski definition) is 2. The van der Waals surface area contributed by atoms with Crippen molar-refractivity contribution in [2.45, 2.75) is 64.1 Å². The molecule has 1 saturated carbocycles. The molecular weight excluding hydrogens is 428 g/mol. The largest absolute Gasteiger partial charge is 0.507 e. The molecule has 6 nitrogen and oxygen atoms in total. The van der Waals surface area contributed by atoms with Crippen LogP contribution in [0.25, 0.3) is 16.7 Å².